The van der Waals surface area contributed by atoms with Crippen molar-refractivity contribution in [1.29, 1.82) is 0 Å². The van der Waals surface area contributed by atoms with Crippen molar-refractivity contribution < 1.29 is 18.7 Å². The molecule has 6 heteroatoms. The van der Waals surface area contributed by atoms with Crippen LogP contribution in [0.4, 0.5) is 9.18 Å². The highest BCUT2D eigenvalue weighted by Crippen LogP contribution is 2.21. The van der Waals surface area contributed by atoms with Crippen LogP contribution in [-0.4, -0.2) is 37.7 Å². The number of amides is 2. The van der Waals surface area contributed by atoms with E-state index >= 15 is 0 Å². The van der Waals surface area contributed by atoms with E-state index in [2.05, 4.69) is 5.32 Å². The minimum Gasteiger partial charge on any atom is -0.497 e. The van der Waals surface area contributed by atoms with E-state index in [1.807, 2.05) is 29.2 Å². The molecule has 1 unspecified atom stereocenters. The van der Waals surface area contributed by atoms with Gasteiger partial charge in [-0.2, -0.15) is 0 Å². The molecule has 1 aliphatic heterocycles. The molecule has 1 fully saturated rings. The maximum absolute atomic E-state index is 13.5. The van der Waals surface area contributed by atoms with E-state index in [0.717, 1.165) is 30.7 Å². The number of hydrogen-bond acceptors (Lipinski definition) is 3. The zero-order chi connectivity index (χ0) is 19.1. The summed E-state index contributed by atoms with van der Waals surface area (Å²) in [5.41, 5.74) is 1.03. The number of carbonyl (C=O) groups is 1. The third-order valence-electron chi connectivity index (χ3n) is 4.80. The molecule has 0 spiro atoms. The van der Waals surface area contributed by atoms with Crippen molar-refractivity contribution in [2.45, 2.75) is 19.4 Å². The molecule has 3 rings (SSSR count). The lowest BCUT2D eigenvalue weighted by molar-refractivity contribution is 0.204. The van der Waals surface area contributed by atoms with Gasteiger partial charge in [0, 0.05) is 19.6 Å². The van der Waals surface area contributed by atoms with Gasteiger partial charge in [-0.05, 0) is 48.6 Å². The van der Waals surface area contributed by atoms with Crippen molar-refractivity contribution in [3.05, 3.63) is 59.9 Å². The Balaban J connectivity index is 1.38. The van der Waals surface area contributed by atoms with Gasteiger partial charge in [-0.25, -0.2) is 9.18 Å². The van der Waals surface area contributed by atoms with Gasteiger partial charge < -0.3 is 19.7 Å². The molecule has 0 aromatic heterocycles. The number of nitrogens with zero attached hydrogens (tertiary/aromatic N) is 1. The van der Waals surface area contributed by atoms with Crippen LogP contribution in [0.3, 0.4) is 0 Å². The fourth-order valence-electron chi connectivity index (χ4n) is 3.18. The van der Waals surface area contributed by atoms with E-state index in [0.29, 0.717) is 25.6 Å². The highest BCUT2D eigenvalue weighted by molar-refractivity contribution is 5.74. The van der Waals surface area contributed by atoms with E-state index < -0.39 is 0 Å². The lowest BCUT2D eigenvalue weighted by atomic mass is 10.1. The number of nitrogens with one attached hydrogen (secondary N) is 1. The van der Waals surface area contributed by atoms with Crippen LogP contribution in [0.2, 0.25) is 0 Å². The standard InChI is InChI=1S/C21H25FN2O3/c1-26-18-8-6-16(7-9-18)14-23-21(25)24-12-10-17(15-24)11-13-27-20-5-3-2-4-19(20)22/h2-9,17H,10-15H2,1H3,(H,23,25). The number of para-hydroxylation sites is 1. The summed E-state index contributed by atoms with van der Waals surface area (Å²) in [4.78, 5) is 14.2. The molecule has 0 bridgehead atoms. The van der Waals surface area contributed by atoms with Gasteiger partial charge in [-0.15, -0.1) is 0 Å². The molecule has 5 nitrogen and oxygen atoms in total. The first-order valence-corrected chi connectivity index (χ1v) is 9.18. The van der Waals surface area contributed by atoms with Crippen molar-refractivity contribution >= 4 is 6.03 Å². The fraction of sp³-hybridized carbons (Fsp3) is 0.381. The van der Waals surface area contributed by atoms with Gasteiger partial charge >= 0.3 is 6.03 Å². The zero-order valence-electron chi connectivity index (χ0n) is 15.5. The number of ether oxygens (including phenoxy) is 2. The van der Waals surface area contributed by atoms with Crippen LogP contribution < -0.4 is 14.8 Å². The Morgan fingerprint density at radius 2 is 2.00 bits per heavy atom. The smallest absolute Gasteiger partial charge is 0.317 e. The van der Waals surface area contributed by atoms with Crippen LogP contribution in [0, 0.1) is 11.7 Å². The number of hydrogen-bond donors (Lipinski definition) is 1. The van der Waals surface area contributed by atoms with E-state index in [1.54, 1.807) is 25.3 Å². The maximum Gasteiger partial charge on any atom is 0.317 e. The Hall–Kier alpha value is -2.76. The first-order valence-electron chi connectivity index (χ1n) is 9.18. The van der Waals surface area contributed by atoms with E-state index in [1.165, 1.54) is 6.07 Å². The van der Waals surface area contributed by atoms with E-state index in [-0.39, 0.29) is 17.6 Å². The summed E-state index contributed by atoms with van der Waals surface area (Å²) in [5, 5.41) is 2.95. The van der Waals surface area contributed by atoms with Gasteiger partial charge in [0.05, 0.1) is 13.7 Å². The molecule has 0 radical (unpaired) electrons. The van der Waals surface area contributed by atoms with E-state index in [4.69, 9.17) is 9.47 Å². The lowest BCUT2D eigenvalue weighted by Crippen LogP contribution is -2.38. The fourth-order valence-corrected chi connectivity index (χ4v) is 3.18. The van der Waals surface area contributed by atoms with Gasteiger partial charge in [0.1, 0.15) is 5.75 Å². The summed E-state index contributed by atoms with van der Waals surface area (Å²) in [6.45, 7) is 2.38. The number of benzene rings is 2. The van der Waals surface area contributed by atoms with Gasteiger partial charge in [0.2, 0.25) is 0 Å². The summed E-state index contributed by atoms with van der Waals surface area (Å²) in [5.74, 6) is 1.11. The Morgan fingerprint density at radius 3 is 2.74 bits per heavy atom. The predicted molar refractivity (Wildman–Crippen MR) is 101 cm³/mol. The lowest BCUT2D eigenvalue weighted by Gasteiger charge is -2.17. The van der Waals surface area contributed by atoms with Crippen molar-refractivity contribution in [2.75, 3.05) is 26.8 Å². The summed E-state index contributed by atoms with van der Waals surface area (Å²) < 4.78 is 24.2. The Kier molecular flexibility index (Phi) is 6.52. The second kappa shape index (κ2) is 9.26. The Labute approximate surface area is 159 Å². The zero-order valence-corrected chi connectivity index (χ0v) is 15.5. The van der Waals surface area contributed by atoms with Crippen molar-refractivity contribution in [3.8, 4) is 11.5 Å². The summed E-state index contributed by atoms with van der Waals surface area (Å²) in [6.07, 6.45) is 1.74. The molecule has 1 N–H and O–H groups in total. The normalized spacial score (nSPS) is 16.2. The molecule has 1 heterocycles. The predicted octanol–water partition coefficient (Wildman–Crippen LogP) is 3.83. The van der Waals surface area contributed by atoms with Crippen LogP contribution in [0.15, 0.2) is 48.5 Å². The molecular weight excluding hydrogens is 347 g/mol. The largest absolute Gasteiger partial charge is 0.497 e. The van der Waals surface area contributed by atoms with Crippen LogP contribution in [0.5, 0.6) is 11.5 Å². The maximum atomic E-state index is 13.5. The number of urea groups is 1. The van der Waals surface area contributed by atoms with Crippen molar-refractivity contribution in [2.24, 2.45) is 5.92 Å². The number of rotatable bonds is 7. The SMILES string of the molecule is COc1ccc(CNC(=O)N2CCC(CCOc3ccccc3F)C2)cc1. The van der Waals surface area contributed by atoms with Crippen LogP contribution >= 0.6 is 0 Å². The second-order valence-electron chi connectivity index (χ2n) is 6.68. The number of methoxy groups -OCH3 is 1. The third kappa shape index (κ3) is 5.36. The van der Waals surface area contributed by atoms with Gasteiger partial charge in [-0.3, -0.25) is 0 Å². The summed E-state index contributed by atoms with van der Waals surface area (Å²) in [6, 6.07) is 14.0. The Bertz CT molecular complexity index is 751. The number of halogens is 1. The van der Waals surface area contributed by atoms with E-state index in [9.17, 15) is 9.18 Å². The van der Waals surface area contributed by atoms with Crippen molar-refractivity contribution in [3.63, 3.8) is 0 Å². The molecule has 2 aromatic carbocycles. The molecule has 27 heavy (non-hydrogen) atoms. The topological polar surface area (TPSA) is 50.8 Å². The van der Waals surface area contributed by atoms with Gasteiger partial charge in [-0.1, -0.05) is 24.3 Å². The minimum absolute atomic E-state index is 0.0525. The van der Waals surface area contributed by atoms with Gasteiger partial charge in [0.15, 0.2) is 11.6 Å². The molecule has 2 amide bonds. The molecule has 1 aliphatic rings. The minimum atomic E-state index is -0.344. The van der Waals surface area contributed by atoms with Crippen LogP contribution in [0.1, 0.15) is 18.4 Å². The average molecular weight is 372 g/mol. The summed E-state index contributed by atoms with van der Waals surface area (Å²) >= 11 is 0. The molecule has 0 saturated carbocycles. The van der Waals surface area contributed by atoms with Crippen molar-refractivity contribution in [1.82, 2.24) is 10.2 Å². The highest BCUT2D eigenvalue weighted by atomic mass is 19.1. The van der Waals surface area contributed by atoms with Crippen LogP contribution in [0.25, 0.3) is 0 Å². The first kappa shape index (κ1) is 19.0. The average Bonchev–Trinajstić information content (AvgIpc) is 3.17. The highest BCUT2D eigenvalue weighted by Gasteiger charge is 2.26. The number of carbonyl (C=O) groups excluding carboxylic acids is 1. The first-order chi connectivity index (χ1) is 13.2. The molecule has 2 aromatic rings. The van der Waals surface area contributed by atoms with Gasteiger partial charge in [0.25, 0.3) is 0 Å². The molecular formula is C21H25FN2O3. The molecule has 1 saturated heterocycles. The second-order valence-corrected chi connectivity index (χ2v) is 6.68. The Morgan fingerprint density at radius 1 is 1.22 bits per heavy atom. The molecule has 1 atom stereocenters. The molecule has 0 aliphatic carbocycles. The quantitative estimate of drug-likeness (QED) is 0.804. The monoisotopic (exact) mass is 372 g/mol. The third-order valence-corrected chi connectivity index (χ3v) is 4.80. The van der Waals surface area contributed by atoms with Crippen LogP contribution in [-0.2, 0) is 6.54 Å². The number of likely N-dealkylation sites (tertiary alicyclic amines) is 1. The molecule has 144 valence electrons. The summed E-state index contributed by atoms with van der Waals surface area (Å²) in [7, 11) is 1.63.